The highest BCUT2D eigenvalue weighted by atomic mass is 35.6. The maximum atomic E-state index is 13.1. The number of aliphatic imine (C=N–C) groups is 1. The van der Waals surface area contributed by atoms with Crippen LogP contribution in [-0.4, -0.2) is 45.7 Å². The van der Waals surface area contributed by atoms with E-state index in [0.717, 1.165) is 53.7 Å². The number of amidine groups is 1. The first-order valence-electron chi connectivity index (χ1n) is 9.09. The fraction of sp³-hybridized carbons (Fsp3) is 0.500. The van der Waals surface area contributed by atoms with Gasteiger partial charge in [0.25, 0.3) is 5.91 Å². The highest BCUT2D eigenvalue weighted by Crippen LogP contribution is 2.35. The van der Waals surface area contributed by atoms with E-state index in [4.69, 9.17) is 34.8 Å². The summed E-state index contributed by atoms with van der Waals surface area (Å²) in [7, 11) is 1.20. The Morgan fingerprint density at radius 1 is 1.17 bits per heavy atom. The lowest BCUT2D eigenvalue weighted by atomic mass is 10.2. The summed E-state index contributed by atoms with van der Waals surface area (Å²) in [6.45, 7) is 0. The second kappa shape index (κ2) is 8.53. The van der Waals surface area contributed by atoms with Crippen molar-refractivity contribution in [3.63, 3.8) is 0 Å². The normalized spacial score (nSPS) is 21.2. The van der Waals surface area contributed by atoms with Crippen LogP contribution in [-0.2, 0) is 11.0 Å². The molecule has 12 heteroatoms. The van der Waals surface area contributed by atoms with Crippen molar-refractivity contribution in [2.45, 2.75) is 47.9 Å². The second-order valence-electron chi connectivity index (χ2n) is 7.08. The molecule has 1 aliphatic carbocycles. The third-order valence-corrected chi connectivity index (χ3v) is 5.55. The van der Waals surface area contributed by atoms with E-state index in [2.05, 4.69) is 10.3 Å². The monoisotopic (exact) mass is 484 g/mol. The number of halogens is 6. The van der Waals surface area contributed by atoms with Crippen molar-refractivity contribution in [3.8, 4) is 0 Å². The zero-order valence-corrected chi connectivity index (χ0v) is 18.0. The van der Waals surface area contributed by atoms with Gasteiger partial charge in [0.15, 0.2) is 0 Å². The number of anilines is 1. The molecule has 3 rings (SSSR count). The summed E-state index contributed by atoms with van der Waals surface area (Å²) in [6.07, 6.45) is -2.19. The van der Waals surface area contributed by atoms with Gasteiger partial charge in [-0.3, -0.25) is 15.0 Å². The van der Waals surface area contributed by atoms with Crippen molar-refractivity contribution in [1.82, 2.24) is 10.2 Å². The molecule has 1 unspecified atom stereocenters. The predicted octanol–water partition coefficient (Wildman–Crippen LogP) is 4.73. The maximum absolute atomic E-state index is 13.1. The molecule has 1 aliphatic heterocycles. The van der Waals surface area contributed by atoms with Crippen LogP contribution in [0.3, 0.4) is 0 Å². The summed E-state index contributed by atoms with van der Waals surface area (Å²) in [5.74, 6) is -1.24. The molecule has 30 heavy (non-hydrogen) atoms. The first-order chi connectivity index (χ1) is 13.9. The van der Waals surface area contributed by atoms with Crippen molar-refractivity contribution in [1.29, 1.82) is 0 Å². The summed E-state index contributed by atoms with van der Waals surface area (Å²) >= 11 is 18.1. The topological polar surface area (TPSA) is 65.0 Å². The van der Waals surface area contributed by atoms with Gasteiger partial charge in [-0.2, -0.15) is 13.2 Å². The van der Waals surface area contributed by atoms with E-state index < -0.39 is 39.5 Å². The van der Waals surface area contributed by atoms with Gasteiger partial charge in [0.2, 0.25) is 9.63 Å². The smallest absolute Gasteiger partial charge is 0.289 e. The summed E-state index contributed by atoms with van der Waals surface area (Å²) in [4.78, 5) is 31.0. The van der Waals surface area contributed by atoms with Crippen LogP contribution in [0.2, 0.25) is 0 Å². The summed E-state index contributed by atoms with van der Waals surface area (Å²) in [5.41, 5.74) is -1.15. The molecular weight excluding hydrogens is 468 g/mol. The Balaban J connectivity index is 2.03. The molecule has 0 radical (unpaired) electrons. The van der Waals surface area contributed by atoms with Crippen LogP contribution in [0.15, 0.2) is 29.3 Å². The second-order valence-corrected chi connectivity index (χ2v) is 9.44. The van der Waals surface area contributed by atoms with E-state index >= 15 is 0 Å². The van der Waals surface area contributed by atoms with Crippen LogP contribution >= 0.6 is 34.8 Å². The number of hydrogen-bond acceptors (Lipinski definition) is 4. The molecular formula is C18H18Cl3F3N4O2. The van der Waals surface area contributed by atoms with Crippen molar-refractivity contribution < 1.29 is 22.8 Å². The number of hydrogen-bond donors (Lipinski definition) is 1. The molecule has 0 spiro atoms. The van der Waals surface area contributed by atoms with Crippen LogP contribution in [0.1, 0.15) is 31.2 Å². The van der Waals surface area contributed by atoms with Crippen molar-refractivity contribution >= 4 is 58.3 Å². The van der Waals surface area contributed by atoms with Crippen LogP contribution in [0, 0.1) is 0 Å². The Labute approximate surface area is 185 Å². The predicted molar refractivity (Wildman–Crippen MR) is 109 cm³/mol. The minimum Gasteiger partial charge on any atom is -0.289 e. The van der Waals surface area contributed by atoms with Crippen LogP contribution < -0.4 is 10.2 Å². The molecule has 1 aromatic carbocycles. The third-order valence-electron chi connectivity index (χ3n) is 4.93. The molecule has 1 heterocycles. The first-order valence-corrected chi connectivity index (χ1v) is 10.2. The molecule has 1 N–H and O–H groups in total. The highest BCUT2D eigenvalue weighted by Gasteiger charge is 2.44. The summed E-state index contributed by atoms with van der Waals surface area (Å²) in [6, 6.07) is 3.16. The van der Waals surface area contributed by atoms with Gasteiger partial charge in [0, 0.05) is 13.1 Å². The molecule has 1 atom stereocenters. The fourth-order valence-electron chi connectivity index (χ4n) is 3.38. The van der Waals surface area contributed by atoms with Gasteiger partial charge >= 0.3 is 12.2 Å². The lowest BCUT2D eigenvalue weighted by molar-refractivity contribution is -0.137. The van der Waals surface area contributed by atoms with E-state index in [0.29, 0.717) is 0 Å². The number of nitrogens with zero attached hydrogens (tertiary/aromatic N) is 3. The average Bonchev–Trinajstić information content (AvgIpc) is 3.23. The van der Waals surface area contributed by atoms with Crippen molar-refractivity contribution in [3.05, 3.63) is 29.8 Å². The first kappa shape index (κ1) is 23.1. The maximum Gasteiger partial charge on any atom is 0.416 e. The summed E-state index contributed by atoms with van der Waals surface area (Å²) < 4.78 is 37.4. The molecule has 1 aromatic rings. The number of urea groups is 1. The number of imide groups is 1. The zero-order valence-electron chi connectivity index (χ0n) is 15.7. The molecule has 164 valence electrons. The Morgan fingerprint density at radius 2 is 1.80 bits per heavy atom. The van der Waals surface area contributed by atoms with Crippen LogP contribution in [0.25, 0.3) is 0 Å². The zero-order chi connectivity index (χ0) is 22.3. The van der Waals surface area contributed by atoms with Crippen LogP contribution in [0.4, 0.5) is 23.7 Å². The number of alkyl halides is 6. The van der Waals surface area contributed by atoms with Gasteiger partial charge < -0.3 is 0 Å². The molecule has 0 bridgehead atoms. The van der Waals surface area contributed by atoms with Gasteiger partial charge in [0.05, 0.1) is 11.3 Å². The van der Waals surface area contributed by atoms with Gasteiger partial charge in [-0.25, -0.2) is 14.7 Å². The number of rotatable bonds is 4. The van der Waals surface area contributed by atoms with Gasteiger partial charge in [-0.05, 0) is 31.0 Å². The van der Waals surface area contributed by atoms with E-state index in [1.165, 1.54) is 13.1 Å². The van der Waals surface area contributed by atoms with E-state index in [1.807, 2.05) is 0 Å². The highest BCUT2D eigenvalue weighted by molar-refractivity contribution is 6.68. The number of carbonyl (C=O) groups excluding carboxylic acids is 2. The molecule has 2 fully saturated rings. The number of carbonyl (C=O) groups is 2. The van der Waals surface area contributed by atoms with Gasteiger partial charge in [-0.1, -0.05) is 53.7 Å². The Morgan fingerprint density at radius 3 is 2.37 bits per heavy atom. The lowest BCUT2D eigenvalue weighted by Gasteiger charge is -2.26. The van der Waals surface area contributed by atoms with E-state index in [9.17, 15) is 22.8 Å². The molecule has 3 amide bonds. The number of amides is 3. The standard InChI is InChI=1S/C18H18Cl3F3N4O2/c1-27-14(29)13(26-15(17(19,20)21)25-11-6-2-3-7-11)28(16(27)30)12-8-4-5-10(9-12)18(22,23)24/h4-5,8-9,11,15,25H,2-3,6-7H2,1H3. The minimum absolute atomic E-state index is 0.00178. The summed E-state index contributed by atoms with van der Waals surface area (Å²) in [5, 5.41) is 3.07. The van der Waals surface area contributed by atoms with Crippen LogP contribution in [0.5, 0.6) is 0 Å². The molecule has 1 saturated carbocycles. The largest absolute Gasteiger partial charge is 0.416 e. The van der Waals surface area contributed by atoms with Gasteiger partial charge in [0.1, 0.15) is 6.17 Å². The molecule has 1 saturated heterocycles. The fourth-order valence-corrected chi connectivity index (χ4v) is 3.72. The number of likely N-dealkylation sites (N-methyl/N-ethyl adjacent to an activating group) is 1. The van der Waals surface area contributed by atoms with Crippen molar-refractivity contribution in [2.75, 3.05) is 11.9 Å². The Hall–Kier alpha value is -1.55. The SMILES string of the molecule is CN1C(=O)C(=NC(NC2CCCC2)C(Cl)(Cl)Cl)N(c2cccc(C(F)(F)F)c2)C1=O. The molecule has 2 aliphatic rings. The minimum atomic E-state index is -4.63. The Bertz CT molecular complexity index is 867. The quantitative estimate of drug-likeness (QED) is 0.495. The van der Waals surface area contributed by atoms with E-state index in [1.54, 1.807) is 0 Å². The number of benzene rings is 1. The van der Waals surface area contributed by atoms with Crippen molar-refractivity contribution in [2.24, 2.45) is 4.99 Å². The third kappa shape index (κ3) is 4.85. The number of nitrogens with one attached hydrogen (secondary N) is 1. The average molecular weight is 486 g/mol. The van der Waals surface area contributed by atoms with E-state index in [-0.39, 0.29) is 11.7 Å². The molecule has 0 aromatic heterocycles. The lowest BCUT2D eigenvalue weighted by Crippen LogP contribution is -2.46. The Kier molecular flexibility index (Phi) is 6.57. The molecule has 6 nitrogen and oxygen atoms in total. The van der Waals surface area contributed by atoms with Gasteiger partial charge in [-0.15, -0.1) is 0 Å².